The van der Waals surface area contributed by atoms with E-state index in [4.69, 9.17) is 9.47 Å². The quantitative estimate of drug-likeness (QED) is 0.912. The molecule has 1 atom stereocenters. The van der Waals surface area contributed by atoms with Crippen molar-refractivity contribution < 1.29 is 14.3 Å². The van der Waals surface area contributed by atoms with Crippen molar-refractivity contribution in [3.63, 3.8) is 0 Å². The lowest BCUT2D eigenvalue weighted by molar-refractivity contribution is -0.126. The van der Waals surface area contributed by atoms with Gasteiger partial charge in [0.05, 0.1) is 31.3 Å². The molecule has 5 heteroatoms. The van der Waals surface area contributed by atoms with Gasteiger partial charge in [0, 0.05) is 11.0 Å². The molecule has 0 aromatic heterocycles. The van der Waals surface area contributed by atoms with E-state index in [9.17, 15) is 4.79 Å². The molecule has 108 valence electrons. The zero-order valence-electron chi connectivity index (χ0n) is 11.2. The van der Waals surface area contributed by atoms with Crippen molar-refractivity contribution in [1.82, 2.24) is 5.32 Å². The summed E-state index contributed by atoms with van der Waals surface area (Å²) < 4.78 is 11.9. The van der Waals surface area contributed by atoms with E-state index < -0.39 is 0 Å². The topological polar surface area (TPSA) is 47.6 Å². The second-order valence-electron chi connectivity index (χ2n) is 5.37. The maximum atomic E-state index is 12.4. The molecule has 1 N–H and O–H groups in total. The van der Waals surface area contributed by atoms with Crippen molar-refractivity contribution in [2.75, 3.05) is 26.4 Å². The normalized spacial score (nSPS) is 24.1. The fourth-order valence-corrected chi connectivity index (χ4v) is 2.84. The Bertz CT molecular complexity index is 478. The molecule has 3 rings (SSSR count). The smallest absolute Gasteiger partial charge is 0.230 e. The number of carbonyl (C=O) groups is 1. The summed E-state index contributed by atoms with van der Waals surface area (Å²) in [4.78, 5) is 12.4. The average Bonchev–Trinajstić information content (AvgIpc) is 3.28. The predicted molar refractivity (Wildman–Crippen MR) is 78.6 cm³/mol. The summed E-state index contributed by atoms with van der Waals surface area (Å²) in [5, 5.41) is 3.01. The van der Waals surface area contributed by atoms with Gasteiger partial charge in [-0.25, -0.2) is 0 Å². The monoisotopic (exact) mass is 339 g/mol. The molecule has 2 fully saturated rings. The van der Waals surface area contributed by atoms with Gasteiger partial charge in [-0.3, -0.25) is 4.79 Å². The van der Waals surface area contributed by atoms with Crippen LogP contribution in [0.2, 0.25) is 0 Å². The van der Waals surface area contributed by atoms with Crippen molar-refractivity contribution in [1.29, 1.82) is 0 Å². The molecule has 1 aliphatic heterocycles. The van der Waals surface area contributed by atoms with Crippen molar-refractivity contribution in [2.45, 2.75) is 24.4 Å². The Kier molecular flexibility index (Phi) is 4.10. The van der Waals surface area contributed by atoms with Crippen molar-refractivity contribution >= 4 is 21.8 Å². The summed E-state index contributed by atoms with van der Waals surface area (Å²) in [5.74, 6) is 0.106. The van der Waals surface area contributed by atoms with Crippen molar-refractivity contribution in [3.05, 3.63) is 34.3 Å². The number of halogens is 1. The summed E-state index contributed by atoms with van der Waals surface area (Å²) in [7, 11) is 0. The highest BCUT2D eigenvalue weighted by atomic mass is 79.9. The molecule has 1 unspecified atom stereocenters. The average molecular weight is 340 g/mol. The highest BCUT2D eigenvalue weighted by molar-refractivity contribution is 9.10. The van der Waals surface area contributed by atoms with Crippen LogP contribution in [-0.2, 0) is 19.7 Å². The molecule has 1 aliphatic carbocycles. The summed E-state index contributed by atoms with van der Waals surface area (Å²) in [6, 6.07) is 8.02. The Morgan fingerprint density at radius 1 is 1.30 bits per heavy atom. The standard InChI is InChI=1S/C15H18BrNO3/c16-12-3-1-11(2-4-12)15(5-6-15)14(18)17-9-13-10-19-7-8-20-13/h1-4,13H,5-10H2,(H,17,18). The number of ether oxygens (including phenoxy) is 2. The van der Waals surface area contributed by atoms with E-state index >= 15 is 0 Å². The second kappa shape index (κ2) is 5.84. The third-order valence-electron chi connectivity index (χ3n) is 3.96. The minimum absolute atomic E-state index is 0.0200. The van der Waals surface area contributed by atoms with E-state index in [2.05, 4.69) is 21.2 Å². The Morgan fingerprint density at radius 3 is 2.65 bits per heavy atom. The Labute approximate surface area is 127 Å². The van der Waals surface area contributed by atoms with Crippen LogP contribution in [0.15, 0.2) is 28.7 Å². The SMILES string of the molecule is O=C(NCC1COCCO1)C1(c2ccc(Br)cc2)CC1. The lowest BCUT2D eigenvalue weighted by Crippen LogP contribution is -2.43. The number of rotatable bonds is 4. The molecule has 0 radical (unpaired) electrons. The van der Waals surface area contributed by atoms with Crippen LogP contribution in [0, 0.1) is 0 Å². The Balaban J connectivity index is 1.60. The first-order valence-electron chi connectivity index (χ1n) is 6.94. The second-order valence-corrected chi connectivity index (χ2v) is 6.28. The lowest BCUT2D eigenvalue weighted by Gasteiger charge is -2.24. The molecule has 4 nitrogen and oxygen atoms in total. The van der Waals surface area contributed by atoms with Gasteiger partial charge in [-0.15, -0.1) is 0 Å². The van der Waals surface area contributed by atoms with Crippen LogP contribution in [0.3, 0.4) is 0 Å². The fourth-order valence-electron chi connectivity index (χ4n) is 2.57. The zero-order chi connectivity index (χ0) is 14.0. The highest BCUT2D eigenvalue weighted by Crippen LogP contribution is 2.48. The summed E-state index contributed by atoms with van der Waals surface area (Å²) in [5.41, 5.74) is 0.773. The predicted octanol–water partition coefficient (Wildman–Crippen LogP) is 2.01. The number of benzene rings is 1. The lowest BCUT2D eigenvalue weighted by atomic mass is 9.95. The fraction of sp³-hybridized carbons (Fsp3) is 0.533. The van der Waals surface area contributed by atoms with Crippen LogP contribution in [-0.4, -0.2) is 38.4 Å². The van der Waals surface area contributed by atoms with Gasteiger partial charge in [0.15, 0.2) is 0 Å². The van der Waals surface area contributed by atoms with Crippen LogP contribution < -0.4 is 5.32 Å². The van der Waals surface area contributed by atoms with Crippen LogP contribution in [0.25, 0.3) is 0 Å². The molecular weight excluding hydrogens is 322 g/mol. The molecule has 1 amide bonds. The van der Waals surface area contributed by atoms with Gasteiger partial charge in [0.2, 0.25) is 5.91 Å². The molecule has 1 aromatic carbocycles. The maximum absolute atomic E-state index is 12.4. The van der Waals surface area contributed by atoms with E-state index in [-0.39, 0.29) is 17.4 Å². The summed E-state index contributed by atoms with van der Waals surface area (Å²) in [6.45, 7) is 2.34. The number of hydrogen-bond donors (Lipinski definition) is 1. The van der Waals surface area contributed by atoms with Gasteiger partial charge in [-0.1, -0.05) is 28.1 Å². The Morgan fingerprint density at radius 2 is 2.05 bits per heavy atom. The van der Waals surface area contributed by atoms with E-state index in [1.54, 1.807) is 0 Å². The minimum atomic E-state index is -0.323. The summed E-state index contributed by atoms with van der Waals surface area (Å²) >= 11 is 3.42. The van der Waals surface area contributed by atoms with Gasteiger partial charge in [-0.2, -0.15) is 0 Å². The van der Waals surface area contributed by atoms with Crippen LogP contribution in [0.1, 0.15) is 18.4 Å². The molecule has 20 heavy (non-hydrogen) atoms. The molecular formula is C15H18BrNO3. The molecule has 1 saturated heterocycles. The van der Waals surface area contributed by atoms with Gasteiger partial charge in [0.25, 0.3) is 0 Å². The van der Waals surface area contributed by atoms with Gasteiger partial charge in [0.1, 0.15) is 0 Å². The molecule has 1 saturated carbocycles. The van der Waals surface area contributed by atoms with E-state index in [1.807, 2.05) is 24.3 Å². The number of carbonyl (C=O) groups excluding carboxylic acids is 1. The van der Waals surface area contributed by atoms with Gasteiger partial charge < -0.3 is 14.8 Å². The molecule has 0 spiro atoms. The van der Waals surface area contributed by atoms with E-state index in [0.29, 0.717) is 26.4 Å². The zero-order valence-corrected chi connectivity index (χ0v) is 12.8. The first-order chi connectivity index (χ1) is 9.71. The molecule has 1 heterocycles. The highest BCUT2D eigenvalue weighted by Gasteiger charge is 2.51. The first kappa shape index (κ1) is 14.0. The third-order valence-corrected chi connectivity index (χ3v) is 4.49. The van der Waals surface area contributed by atoms with Gasteiger partial charge in [-0.05, 0) is 30.5 Å². The van der Waals surface area contributed by atoms with Crippen LogP contribution in [0.4, 0.5) is 0 Å². The van der Waals surface area contributed by atoms with E-state index in [0.717, 1.165) is 22.9 Å². The number of nitrogens with one attached hydrogen (secondary N) is 1. The van der Waals surface area contributed by atoms with Gasteiger partial charge >= 0.3 is 0 Å². The largest absolute Gasteiger partial charge is 0.376 e. The summed E-state index contributed by atoms with van der Waals surface area (Å²) in [6.07, 6.45) is 1.82. The van der Waals surface area contributed by atoms with Crippen LogP contribution in [0.5, 0.6) is 0 Å². The minimum Gasteiger partial charge on any atom is -0.376 e. The molecule has 1 aromatic rings. The Hall–Kier alpha value is -0.910. The molecule has 0 bridgehead atoms. The van der Waals surface area contributed by atoms with Crippen molar-refractivity contribution in [2.24, 2.45) is 0 Å². The van der Waals surface area contributed by atoms with Crippen LogP contribution >= 0.6 is 15.9 Å². The maximum Gasteiger partial charge on any atom is 0.230 e. The third kappa shape index (κ3) is 2.90. The molecule has 2 aliphatic rings. The number of hydrogen-bond acceptors (Lipinski definition) is 3. The van der Waals surface area contributed by atoms with Crippen molar-refractivity contribution in [3.8, 4) is 0 Å². The first-order valence-corrected chi connectivity index (χ1v) is 7.74. The number of amides is 1. The van der Waals surface area contributed by atoms with E-state index in [1.165, 1.54) is 0 Å².